The number of carbonyl (C=O) groups excluding carboxylic acids is 1. The molecule has 6 nitrogen and oxygen atoms in total. The minimum Gasteiger partial charge on any atom is -0.405 e. The monoisotopic (exact) mass is 470 g/mol. The van der Waals surface area contributed by atoms with Gasteiger partial charge in [0.25, 0.3) is 0 Å². The average molecular weight is 471 g/mol. The van der Waals surface area contributed by atoms with Gasteiger partial charge in [-0.2, -0.15) is 4.31 Å². The van der Waals surface area contributed by atoms with Crippen LogP contribution < -0.4 is 4.74 Å². The summed E-state index contributed by atoms with van der Waals surface area (Å²) in [6, 6.07) is 12.3. The number of sulfonamides is 1. The summed E-state index contributed by atoms with van der Waals surface area (Å²) in [5, 5.41) is 0. The number of para-hydroxylation sites is 1. The van der Waals surface area contributed by atoms with Crippen LogP contribution in [0.5, 0.6) is 5.75 Å². The van der Waals surface area contributed by atoms with Crippen LogP contribution in [-0.2, 0) is 21.4 Å². The van der Waals surface area contributed by atoms with Gasteiger partial charge in [0.1, 0.15) is 5.75 Å². The molecule has 1 saturated heterocycles. The van der Waals surface area contributed by atoms with Crippen molar-refractivity contribution in [1.82, 2.24) is 9.21 Å². The molecule has 1 aliphatic rings. The Balaban J connectivity index is 1.61. The number of benzene rings is 2. The number of piperidine rings is 1. The molecule has 0 bridgehead atoms. The molecule has 174 valence electrons. The summed E-state index contributed by atoms with van der Waals surface area (Å²) >= 11 is 0. The SMILES string of the molecule is Cc1ccc(S(=O)(=O)N2CCC(C(=O)N(C)Cc3ccccc3OC(F)(F)F)CC2)cc1. The van der Waals surface area contributed by atoms with Crippen LogP contribution >= 0.6 is 0 Å². The van der Waals surface area contributed by atoms with Gasteiger partial charge < -0.3 is 9.64 Å². The van der Waals surface area contributed by atoms with Gasteiger partial charge in [-0.25, -0.2) is 8.42 Å². The molecular weight excluding hydrogens is 445 g/mol. The number of hydrogen-bond acceptors (Lipinski definition) is 4. The number of alkyl halides is 3. The fraction of sp³-hybridized carbons (Fsp3) is 0.409. The first kappa shape index (κ1) is 24.1. The average Bonchev–Trinajstić information content (AvgIpc) is 2.74. The van der Waals surface area contributed by atoms with E-state index in [1.54, 1.807) is 30.3 Å². The van der Waals surface area contributed by atoms with E-state index < -0.39 is 22.3 Å². The van der Waals surface area contributed by atoms with Crippen molar-refractivity contribution in [2.75, 3.05) is 20.1 Å². The molecule has 0 unspecified atom stereocenters. The van der Waals surface area contributed by atoms with Gasteiger partial charge in [-0.1, -0.05) is 35.9 Å². The smallest absolute Gasteiger partial charge is 0.405 e. The predicted octanol–water partition coefficient (Wildman–Crippen LogP) is 3.95. The Morgan fingerprint density at radius 2 is 1.69 bits per heavy atom. The Kier molecular flexibility index (Phi) is 7.14. The molecule has 2 aromatic rings. The lowest BCUT2D eigenvalue weighted by molar-refractivity contribution is -0.275. The Morgan fingerprint density at radius 3 is 2.28 bits per heavy atom. The van der Waals surface area contributed by atoms with E-state index in [4.69, 9.17) is 0 Å². The third-order valence-electron chi connectivity index (χ3n) is 5.44. The molecule has 0 atom stereocenters. The number of hydrogen-bond donors (Lipinski definition) is 0. The molecule has 0 aliphatic carbocycles. The van der Waals surface area contributed by atoms with Crippen molar-refractivity contribution in [3.63, 3.8) is 0 Å². The number of amides is 1. The molecule has 3 rings (SSSR count). The zero-order chi connectivity index (χ0) is 23.5. The van der Waals surface area contributed by atoms with Crippen molar-refractivity contribution in [2.24, 2.45) is 5.92 Å². The summed E-state index contributed by atoms with van der Waals surface area (Å²) in [6.45, 7) is 2.23. The summed E-state index contributed by atoms with van der Waals surface area (Å²) in [5.41, 5.74) is 1.19. The highest BCUT2D eigenvalue weighted by atomic mass is 32.2. The molecule has 0 aromatic heterocycles. The molecule has 10 heteroatoms. The van der Waals surface area contributed by atoms with E-state index in [9.17, 15) is 26.4 Å². The Bertz CT molecular complexity index is 1050. The first-order valence-corrected chi connectivity index (χ1v) is 11.6. The maximum absolute atomic E-state index is 12.9. The third kappa shape index (κ3) is 5.80. The van der Waals surface area contributed by atoms with Gasteiger partial charge in [0, 0.05) is 38.2 Å². The van der Waals surface area contributed by atoms with E-state index in [-0.39, 0.29) is 41.7 Å². The minimum absolute atomic E-state index is 0.0486. The van der Waals surface area contributed by atoms with Crippen LogP contribution in [0, 0.1) is 12.8 Å². The molecule has 1 heterocycles. The number of aryl methyl sites for hydroxylation is 1. The largest absolute Gasteiger partial charge is 0.573 e. The van der Waals surface area contributed by atoms with E-state index in [2.05, 4.69) is 4.74 Å². The molecule has 2 aromatic carbocycles. The van der Waals surface area contributed by atoms with Crippen LogP contribution in [0.2, 0.25) is 0 Å². The van der Waals surface area contributed by atoms with Crippen LogP contribution in [0.3, 0.4) is 0 Å². The number of rotatable bonds is 6. The maximum atomic E-state index is 12.9. The van der Waals surface area contributed by atoms with Crippen LogP contribution in [0.15, 0.2) is 53.4 Å². The highest BCUT2D eigenvalue weighted by Crippen LogP contribution is 2.29. The van der Waals surface area contributed by atoms with E-state index in [0.29, 0.717) is 12.8 Å². The fourth-order valence-corrected chi connectivity index (χ4v) is 5.18. The molecule has 32 heavy (non-hydrogen) atoms. The molecule has 1 fully saturated rings. The van der Waals surface area contributed by atoms with Gasteiger partial charge in [-0.05, 0) is 38.0 Å². The van der Waals surface area contributed by atoms with Crippen molar-refractivity contribution in [1.29, 1.82) is 0 Å². The quantitative estimate of drug-likeness (QED) is 0.641. The second kappa shape index (κ2) is 9.50. The second-order valence-electron chi connectivity index (χ2n) is 7.84. The van der Waals surface area contributed by atoms with Gasteiger partial charge in [-0.3, -0.25) is 4.79 Å². The predicted molar refractivity (Wildman–Crippen MR) is 112 cm³/mol. The number of ether oxygens (including phenoxy) is 1. The zero-order valence-electron chi connectivity index (χ0n) is 17.8. The lowest BCUT2D eigenvalue weighted by Crippen LogP contribution is -2.43. The summed E-state index contributed by atoms with van der Waals surface area (Å²) in [6.07, 6.45) is -4.14. The van der Waals surface area contributed by atoms with E-state index in [1.807, 2.05) is 6.92 Å². The third-order valence-corrected chi connectivity index (χ3v) is 7.36. The minimum atomic E-state index is -4.82. The van der Waals surface area contributed by atoms with E-state index in [1.165, 1.54) is 34.5 Å². The Hall–Kier alpha value is -2.59. The zero-order valence-corrected chi connectivity index (χ0v) is 18.6. The van der Waals surface area contributed by atoms with Gasteiger partial charge in [0.15, 0.2) is 0 Å². The highest BCUT2D eigenvalue weighted by molar-refractivity contribution is 7.89. The van der Waals surface area contributed by atoms with Crippen LogP contribution in [-0.4, -0.2) is 50.0 Å². The maximum Gasteiger partial charge on any atom is 0.573 e. The van der Waals surface area contributed by atoms with Crippen molar-refractivity contribution >= 4 is 15.9 Å². The number of nitrogens with zero attached hydrogens (tertiary/aromatic N) is 2. The number of carbonyl (C=O) groups is 1. The van der Waals surface area contributed by atoms with Crippen molar-refractivity contribution in [2.45, 2.75) is 37.6 Å². The normalized spacial score (nSPS) is 16.0. The van der Waals surface area contributed by atoms with Crippen LogP contribution in [0.4, 0.5) is 13.2 Å². The lowest BCUT2D eigenvalue weighted by atomic mass is 9.96. The van der Waals surface area contributed by atoms with Crippen molar-refractivity contribution < 1.29 is 31.1 Å². The molecule has 0 saturated carbocycles. The van der Waals surface area contributed by atoms with Gasteiger partial charge in [-0.15, -0.1) is 13.2 Å². The van der Waals surface area contributed by atoms with E-state index >= 15 is 0 Å². The first-order valence-electron chi connectivity index (χ1n) is 10.1. The number of halogens is 3. The molecule has 0 radical (unpaired) electrons. The molecular formula is C22H25F3N2O4S. The Labute approximate surface area is 185 Å². The van der Waals surface area contributed by atoms with Gasteiger partial charge in [0.05, 0.1) is 4.90 Å². The summed E-state index contributed by atoms with van der Waals surface area (Å²) < 4.78 is 69.0. The summed E-state index contributed by atoms with van der Waals surface area (Å²) in [7, 11) is -2.12. The van der Waals surface area contributed by atoms with Crippen LogP contribution in [0.25, 0.3) is 0 Å². The molecule has 1 amide bonds. The molecule has 0 N–H and O–H groups in total. The van der Waals surface area contributed by atoms with Crippen LogP contribution in [0.1, 0.15) is 24.0 Å². The standard InChI is InChI=1S/C22H25F3N2O4S/c1-16-7-9-19(10-8-16)32(29,30)27-13-11-17(12-14-27)21(28)26(2)15-18-5-3-4-6-20(18)31-22(23,24)25/h3-10,17H,11-15H2,1-2H3. The van der Waals surface area contributed by atoms with Crippen molar-refractivity contribution in [3.05, 3.63) is 59.7 Å². The summed E-state index contributed by atoms with van der Waals surface area (Å²) in [5.74, 6) is -0.988. The first-order chi connectivity index (χ1) is 15.0. The Morgan fingerprint density at radius 1 is 1.09 bits per heavy atom. The van der Waals surface area contributed by atoms with E-state index in [0.717, 1.165) is 5.56 Å². The topological polar surface area (TPSA) is 66.9 Å². The van der Waals surface area contributed by atoms with Crippen molar-refractivity contribution in [3.8, 4) is 5.75 Å². The molecule has 1 aliphatic heterocycles. The highest BCUT2D eigenvalue weighted by Gasteiger charge is 2.34. The molecule has 0 spiro atoms. The lowest BCUT2D eigenvalue weighted by Gasteiger charge is -2.32. The fourth-order valence-electron chi connectivity index (χ4n) is 3.71. The van der Waals surface area contributed by atoms with Gasteiger partial charge in [0.2, 0.25) is 15.9 Å². The van der Waals surface area contributed by atoms with Gasteiger partial charge >= 0.3 is 6.36 Å². The summed E-state index contributed by atoms with van der Waals surface area (Å²) in [4.78, 5) is 14.4. The second-order valence-corrected chi connectivity index (χ2v) is 9.78.